The number of hydrogen-bond acceptors (Lipinski definition) is 8. The molecule has 6 rings (SSSR count). The number of thiazole rings is 1. The van der Waals surface area contributed by atoms with Crippen molar-refractivity contribution in [1.29, 1.82) is 0 Å². The lowest BCUT2D eigenvalue weighted by molar-refractivity contribution is 0.0631. The van der Waals surface area contributed by atoms with Crippen LogP contribution >= 0.6 is 11.3 Å². The van der Waals surface area contributed by atoms with Crippen LogP contribution in [-0.2, 0) is 6.54 Å². The number of hydrogen-bond donors (Lipinski definition) is 1. The Morgan fingerprint density at radius 3 is 2.74 bits per heavy atom. The first-order valence-corrected chi connectivity index (χ1v) is 11.1. The van der Waals surface area contributed by atoms with Gasteiger partial charge in [-0.1, -0.05) is 0 Å². The number of amides is 3. The van der Waals surface area contributed by atoms with Crippen molar-refractivity contribution < 1.29 is 28.3 Å². The average Bonchev–Trinajstić information content (AvgIpc) is 3.65. The summed E-state index contributed by atoms with van der Waals surface area (Å²) >= 11 is 1.27. The molecule has 2 aliphatic heterocycles. The van der Waals surface area contributed by atoms with Gasteiger partial charge in [-0.25, -0.2) is 4.98 Å². The Kier molecular flexibility index (Phi) is 4.66. The zero-order valence-electron chi connectivity index (χ0n) is 17.4. The molecule has 0 aliphatic carbocycles. The van der Waals surface area contributed by atoms with Crippen LogP contribution in [0.5, 0.6) is 11.5 Å². The molecule has 0 saturated heterocycles. The molecule has 0 saturated carbocycles. The molecule has 2 aromatic carbocycles. The summed E-state index contributed by atoms with van der Waals surface area (Å²) in [6, 6.07) is 13.3. The van der Waals surface area contributed by atoms with Gasteiger partial charge < -0.3 is 13.9 Å². The van der Waals surface area contributed by atoms with Gasteiger partial charge in [0.2, 0.25) is 6.79 Å². The van der Waals surface area contributed by atoms with Crippen LogP contribution in [0.1, 0.15) is 36.8 Å². The number of nitrogens with one attached hydrogen (secondary N) is 1. The van der Waals surface area contributed by atoms with Crippen LogP contribution in [0.2, 0.25) is 0 Å². The Balaban J connectivity index is 1.19. The Morgan fingerprint density at radius 1 is 1.03 bits per heavy atom. The Hall–Kier alpha value is -4.44. The number of ether oxygens (including phenoxy) is 2. The molecule has 10 heteroatoms. The van der Waals surface area contributed by atoms with Crippen molar-refractivity contribution in [1.82, 2.24) is 9.88 Å². The molecule has 4 aromatic rings. The van der Waals surface area contributed by atoms with Crippen molar-refractivity contribution in [2.45, 2.75) is 6.54 Å². The normalized spacial score (nSPS) is 13.9. The molecular formula is C24H15N3O6S. The van der Waals surface area contributed by atoms with E-state index >= 15 is 0 Å². The molecule has 34 heavy (non-hydrogen) atoms. The molecule has 0 bridgehead atoms. The molecule has 0 atom stereocenters. The molecule has 0 unspecified atom stereocenters. The standard InChI is InChI=1S/C24H15N3O6S/c28-21(26-24-25-18(11-34-24)13-4-6-19-20(9-13)33-12-32-19)14-3-5-16-17(8-14)23(30)27(22(16)29)10-15-2-1-7-31-15/h1-9,11H,10,12H2,(H,25,26,28). The van der Waals surface area contributed by atoms with Crippen LogP contribution in [0, 0.1) is 0 Å². The highest BCUT2D eigenvalue weighted by atomic mass is 32.1. The summed E-state index contributed by atoms with van der Waals surface area (Å²) in [6.07, 6.45) is 1.48. The van der Waals surface area contributed by atoms with Gasteiger partial charge in [0, 0.05) is 16.5 Å². The minimum atomic E-state index is -0.467. The second-order valence-corrected chi connectivity index (χ2v) is 8.45. The number of carbonyl (C=O) groups excluding carboxylic acids is 3. The van der Waals surface area contributed by atoms with Gasteiger partial charge in [-0.3, -0.25) is 24.6 Å². The second-order valence-electron chi connectivity index (χ2n) is 7.60. The lowest BCUT2D eigenvalue weighted by Gasteiger charge is -2.11. The average molecular weight is 473 g/mol. The first kappa shape index (κ1) is 20.2. The van der Waals surface area contributed by atoms with E-state index in [2.05, 4.69) is 10.3 Å². The van der Waals surface area contributed by atoms with E-state index in [4.69, 9.17) is 13.9 Å². The Labute approximate surface area is 196 Å². The number of benzene rings is 2. The van der Waals surface area contributed by atoms with Gasteiger partial charge in [0.25, 0.3) is 17.7 Å². The summed E-state index contributed by atoms with van der Waals surface area (Å²) < 4.78 is 16.0. The van der Waals surface area contributed by atoms with E-state index in [1.165, 1.54) is 35.8 Å². The van der Waals surface area contributed by atoms with Crippen LogP contribution in [0.4, 0.5) is 5.13 Å². The topological polar surface area (TPSA) is 111 Å². The SMILES string of the molecule is O=C(Nc1nc(-c2ccc3c(c2)OCO3)cs1)c1ccc2c(c1)C(=O)N(Cc1ccco1)C2=O. The van der Waals surface area contributed by atoms with E-state index < -0.39 is 17.7 Å². The number of carbonyl (C=O) groups is 3. The quantitative estimate of drug-likeness (QED) is 0.433. The smallest absolute Gasteiger partial charge is 0.261 e. The number of fused-ring (bicyclic) bond motifs is 2. The summed E-state index contributed by atoms with van der Waals surface area (Å²) in [4.78, 5) is 43.9. The monoisotopic (exact) mass is 473 g/mol. The minimum Gasteiger partial charge on any atom is -0.467 e. The molecule has 1 N–H and O–H groups in total. The fourth-order valence-corrected chi connectivity index (χ4v) is 4.54. The van der Waals surface area contributed by atoms with Gasteiger partial charge in [-0.15, -0.1) is 11.3 Å². The van der Waals surface area contributed by atoms with E-state index in [9.17, 15) is 14.4 Å². The highest BCUT2D eigenvalue weighted by Crippen LogP contribution is 2.36. The lowest BCUT2D eigenvalue weighted by atomic mass is 10.1. The van der Waals surface area contributed by atoms with Crippen molar-refractivity contribution in [3.8, 4) is 22.8 Å². The maximum atomic E-state index is 12.8. The maximum Gasteiger partial charge on any atom is 0.261 e. The van der Waals surface area contributed by atoms with E-state index in [-0.39, 0.29) is 30.0 Å². The van der Waals surface area contributed by atoms with Crippen molar-refractivity contribution in [2.24, 2.45) is 0 Å². The third-order valence-electron chi connectivity index (χ3n) is 5.52. The van der Waals surface area contributed by atoms with Crippen LogP contribution in [-0.4, -0.2) is 34.4 Å². The molecule has 168 valence electrons. The zero-order chi connectivity index (χ0) is 23.2. The van der Waals surface area contributed by atoms with Gasteiger partial charge in [-0.2, -0.15) is 0 Å². The highest BCUT2D eigenvalue weighted by molar-refractivity contribution is 7.14. The van der Waals surface area contributed by atoms with Crippen molar-refractivity contribution in [2.75, 3.05) is 12.1 Å². The van der Waals surface area contributed by atoms with E-state index in [0.29, 0.717) is 28.1 Å². The number of imide groups is 1. The summed E-state index contributed by atoms with van der Waals surface area (Å²) in [5.74, 6) is 0.505. The first-order chi connectivity index (χ1) is 16.6. The zero-order valence-corrected chi connectivity index (χ0v) is 18.3. The Bertz CT molecular complexity index is 1460. The molecular weight excluding hydrogens is 458 g/mol. The summed E-state index contributed by atoms with van der Waals surface area (Å²) in [5.41, 5.74) is 2.21. The van der Waals surface area contributed by atoms with E-state index in [0.717, 1.165) is 10.5 Å². The molecule has 4 heterocycles. The lowest BCUT2D eigenvalue weighted by Crippen LogP contribution is -2.28. The number of anilines is 1. The predicted molar refractivity (Wildman–Crippen MR) is 121 cm³/mol. The number of nitrogens with zero attached hydrogens (tertiary/aromatic N) is 2. The van der Waals surface area contributed by atoms with Gasteiger partial charge in [-0.05, 0) is 48.5 Å². The molecule has 2 aromatic heterocycles. The van der Waals surface area contributed by atoms with Crippen molar-refractivity contribution >= 4 is 34.2 Å². The molecule has 3 amide bonds. The van der Waals surface area contributed by atoms with Crippen molar-refractivity contribution in [3.05, 3.63) is 82.6 Å². The summed E-state index contributed by atoms with van der Waals surface area (Å²) in [6.45, 7) is 0.218. The van der Waals surface area contributed by atoms with Gasteiger partial charge in [0.15, 0.2) is 16.6 Å². The van der Waals surface area contributed by atoms with E-state index in [1.807, 2.05) is 23.6 Å². The molecule has 0 fully saturated rings. The maximum absolute atomic E-state index is 12.8. The van der Waals surface area contributed by atoms with Crippen LogP contribution in [0.15, 0.2) is 64.6 Å². The van der Waals surface area contributed by atoms with Crippen molar-refractivity contribution in [3.63, 3.8) is 0 Å². The Morgan fingerprint density at radius 2 is 1.88 bits per heavy atom. The third-order valence-corrected chi connectivity index (χ3v) is 6.28. The summed E-state index contributed by atoms with van der Waals surface area (Å²) in [7, 11) is 0. The van der Waals surface area contributed by atoms with Crippen LogP contribution in [0.25, 0.3) is 11.3 Å². The highest BCUT2D eigenvalue weighted by Gasteiger charge is 2.36. The summed E-state index contributed by atoms with van der Waals surface area (Å²) in [5, 5.41) is 4.98. The number of aromatic nitrogens is 1. The fraction of sp³-hybridized carbons (Fsp3) is 0.0833. The third kappa shape index (κ3) is 3.41. The van der Waals surface area contributed by atoms with Crippen LogP contribution < -0.4 is 14.8 Å². The van der Waals surface area contributed by atoms with Gasteiger partial charge in [0.1, 0.15) is 5.76 Å². The van der Waals surface area contributed by atoms with Gasteiger partial charge in [0.05, 0.1) is 29.6 Å². The number of furan rings is 1. The largest absolute Gasteiger partial charge is 0.467 e. The number of rotatable bonds is 5. The predicted octanol–water partition coefficient (Wildman–Crippen LogP) is 4.18. The molecule has 9 nitrogen and oxygen atoms in total. The molecule has 2 aliphatic rings. The van der Waals surface area contributed by atoms with E-state index in [1.54, 1.807) is 12.1 Å². The first-order valence-electron chi connectivity index (χ1n) is 10.3. The fourth-order valence-electron chi connectivity index (χ4n) is 3.82. The second kappa shape index (κ2) is 7.85. The van der Waals surface area contributed by atoms with Crippen LogP contribution in [0.3, 0.4) is 0 Å². The van der Waals surface area contributed by atoms with Gasteiger partial charge >= 0.3 is 0 Å². The minimum absolute atomic E-state index is 0.0304. The molecule has 0 radical (unpaired) electrons. The molecule has 0 spiro atoms.